The van der Waals surface area contributed by atoms with Crippen molar-refractivity contribution in [2.75, 3.05) is 0 Å². The van der Waals surface area contributed by atoms with Crippen molar-refractivity contribution in [3.8, 4) is 33.6 Å². The van der Waals surface area contributed by atoms with Gasteiger partial charge in [0, 0.05) is 122 Å². The van der Waals surface area contributed by atoms with Gasteiger partial charge < -0.3 is 26.8 Å². The SMILES string of the molecule is c1ccc2c(c1)oc1c2ccc2c1c1ccccc1n2-c1ccc2oc3c(-c4cccc5sc6ccccc6c45)cccc3c2c1.c1ccc2c(c1)oc1cc3c4ccccc4n(-c4ccc5oc6c(-c7cccc8sc9ccccc9c78)cccc6c5c4)c3cc12. The minimum Gasteiger partial charge on any atom is -0.456 e. The summed E-state index contributed by atoms with van der Waals surface area (Å²) in [5.74, 6) is 0. The lowest BCUT2D eigenvalue weighted by Gasteiger charge is -2.08. The first-order valence-electron chi connectivity index (χ1n) is 31.0. The number of fused-ring (bicyclic) bond motifs is 25. The molecule has 0 aliphatic carbocycles. The van der Waals surface area contributed by atoms with Crippen LogP contribution in [0.5, 0.6) is 0 Å². The molecule has 0 aliphatic rings. The molecular formula is C84H46N2O4S2. The maximum atomic E-state index is 6.70. The molecule has 0 fully saturated rings. The summed E-state index contributed by atoms with van der Waals surface area (Å²) in [5.41, 5.74) is 18.7. The van der Waals surface area contributed by atoms with Crippen LogP contribution in [0.25, 0.3) is 205 Å². The number of hydrogen-bond donors (Lipinski definition) is 0. The van der Waals surface area contributed by atoms with E-state index < -0.39 is 0 Å². The lowest BCUT2D eigenvalue weighted by molar-refractivity contribution is 0.669. The van der Waals surface area contributed by atoms with Gasteiger partial charge in [0.05, 0.1) is 27.5 Å². The Morgan fingerprint density at radius 2 is 0.630 bits per heavy atom. The van der Waals surface area contributed by atoms with Gasteiger partial charge in [-0.2, -0.15) is 0 Å². The lowest BCUT2D eigenvalue weighted by atomic mass is 9.97. The first kappa shape index (κ1) is 50.2. The molecule has 0 unspecified atom stereocenters. The summed E-state index contributed by atoms with van der Waals surface area (Å²) in [6.45, 7) is 0. The van der Waals surface area contributed by atoms with Crippen LogP contribution in [0.3, 0.4) is 0 Å². The Morgan fingerprint density at radius 3 is 1.25 bits per heavy atom. The maximum Gasteiger partial charge on any atom is 0.145 e. The molecule has 0 saturated carbocycles. The van der Waals surface area contributed by atoms with E-state index in [4.69, 9.17) is 17.7 Å². The van der Waals surface area contributed by atoms with Crippen LogP contribution in [-0.4, -0.2) is 9.13 Å². The van der Waals surface area contributed by atoms with E-state index in [0.717, 1.165) is 132 Å². The molecule has 6 nitrogen and oxygen atoms in total. The average Bonchev–Trinajstić information content (AvgIpc) is 1.58. The van der Waals surface area contributed by atoms with Crippen LogP contribution in [0.2, 0.25) is 0 Å². The monoisotopic (exact) mass is 1210 g/mol. The van der Waals surface area contributed by atoms with Gasteiger partial charge in [0.2, 0.25) is 0 Å². The first-order valence-corrected chi connectivity index (χ1v) is 32.7. The largest absolute Gasteiger partial charge is 0.456 e. The highest BCUT2D eigenvalue weighted by Gasteiger charge is 2.24. The zero-order chi connectivity index (χ0) is 59.9. The van der Waals surface area contributed by atoms with Crippen LogP contribution in [0.1, 0.15) is 0 Å². The predicted molar refractivity (Wildman–Crippen MR) is 387 cm³/mol. The van der Waals surface area contributed by atoms with Crippen LogP contribution in [-0.2, 0) is 0 Å². The van der Waals surface area contributed by atoms with Gasteiger partial charge in [0.1, 0.15) is 44.7 Å². The first-order chi connectivity index (χ1) is 45.6. The molecule has 8 aromatic heterocycles. The second-order valence-corrected chi connectivity index (χ2v) is 26.3. The summed E-state index contributed by atoms with van der Waals surface area (Å²) in [6.07, 6.45) is 0. The summed E-state index contributed by atoms with van der Waals surface area (Å²) < 4.78 is 36.1. The Labute approximate surface area is 530 Å². The van der Waals surface area contributed by atoms with Gasteiger partial charge >= 0.3 is 0 Å². The topological polar surface area (TPSA) is 62.4 Å². The van der Waals surface area contributed by atoms with Crippen molar-refractivity contribution in [2.45, 2.75) is 0 Å². The minimum absolute atomic E-state index is 0.883. The van der Waals surface area contributed by atoms with Crippen LogP contribution >= 0.6 is 22.7 Å². The van der Waals surface area contributed by atoms with Gasteiger partial charge in [-0.25, -0.2) is 0 Å². The van der Waals surface area contributed by atoms with Crippen LogP contribution in [0.4, 0.5) is 0 Å². The van der Waals surface area contributed by atoms with E-state index in [9.17, 15) is 0 Å². The number of hydrogen-bond acceptors (Lipinski definition) is 6. The van der Waals surface area contributed by atoms with Crippen LogP contribution in [0.15, 0.2) is 297 Å². The number of thiophene rings is 2. The molecule has 0 atom stereocenters. The number of furan rings is 4. The third kappa shape index (κ3) is 7.07. The summed E-state index contributed by atoms with van der Waals surface area (Å²) in [5, 5.41) is 18.9. The highest BCUT2D eigenvalue weighted by atomic mass is 32.1. The van der Waals surface area contributed by atoms with E-state index in [0.29, 0.717) is 0 Å². The lowest BCUT2D eigenvalue weighted by Crippen LogP contribution is -1.93. The zero-order valence-corrected chi connectivity index (χ0v) is 50.5. The Morgan fingerprint density at radius 1 is 0.207 bits per heavy atom. The Kier molecular flexibility index (Phi) is 10.3. The number of para-hydroxylation sites is 6. The highest BCUT2D eigenvalue weighted by molar-refractivity contribution is 7.26. The van der Waals surface area contributed by atoms with Gasteiger partial charge in [-0.3, -0.25) is 0 Å². The molecule has 92 heavy (non-hydrogen) atoms. The Bertz CT molecular complexity index is 6910. The van der Waals surface area contributed by atoms with Crippen molar-refractivity contribution in [3.63, 3.8) is 0 Å². The van der Waals surface area contributed by atoms with Crippen molar-refractivity contribution >= 4 is 194 Å². The standard InChI is InChI=1S/2C42H23NO2S/c1-4-15-33-30(10-1)40-34(21-20-29-25-9-2-5-16-35(25)45-42(29)40)43(33)24-19-22-36-32(23-24)28-14-7-13-27(41(28)44-36)26-12-8-18-38-39(26)31-11-3-6-17-37(31)46-38;1-4-15-34-25(9-1)31-23-38-33(26-10-2-5-16-36(26)44-38)22-35(31)43(34)24-19-20-37-32(21-24)29-14-7-13-28(42(29)45-37)27-12-8-18-40-41(27)30-11-3-6-17-39(30)46-40/h2*1-23H. The fourth-order valence-corrected chi connectivity index (χ4v) is 17.5. The average molecular weight is 1210 g/mol. The van der Waals surface area contributed by atoms with Crippen molar-refractivity contribution in [1.82, 2.24) is 9.13 Å². The van der Waals surface area contributed by atoms with Crippen molar-refractivity contribution < 1.29 is 17.7 Å². The van der Waals surface area contributed by atoms with Crippen molar-refractivity contribution in [3.05, 3.63) is 279 Å². The third-order valence-electron chi connectivity index (χ3n) is 19.2. The predicted octanol–water partition coefficient (Wildman–Crippen LogP) is 25.2. The van der Waals surface area contributed by atoms with Gasteiger partial charge in [-0.05, 0) is 120 Å². The van der Waals surface area contributed by atoms with E-state index in [1.165, 1.54) is 73.1 Å². The molecular weight excluding hydrogens is 1170 g/mol. The number of aromatic nitrogens is 2. The van der Waals surface area contributed by atoms with Gasteiger partial charge in [0.25, 0.3) is 0 Å². The third-order valence-corrected chi connectivity index (χ3v) is 21.5. The molecule has 8 heterocycles. The van der Waals surface area contributed by atoms with Crippen LogP contribution in [0, 0.1) is 0 Å². The molecule has 22 rings (SSSR count). The zero-order valence-electron chi connectivity index (χ0n) is 48.9. The van der Waals surface area contributed by atoms with E-state index in [1.807, 2.05) is 46.9 Å². The molecule has 0 saturated heterocycles. The molecule has 22 aromatic rings. The van der Waals surface area contributed by atoms with Gasteiger partial charge in [-0.15, -0.1) is 22.7 Å². The Hall–Kier alpha value is -11.7. The molecule has 0 N–H and O–H groups in total. The summed E-state index contributed by atoms with van der Waals surface area (Å²) in [6, 6.07) is 99.6. The fraction of sp³-hybridized carbons (Fsp3) is 0. The molecule has 8 heteroatoms. The highest BCUT2D eigenvalue weighted by Crippen LogP contribution is 2.48. The Balaban J connectivity index is 0.000000124. The maximum absolute atomic E-state index is 6.70. The van der Waals surface area contributed by atoms with Crippen LogP contribution < -0.4 is 0 Å². The molecule has 0 radical (unpaired) electrons. The molecule has 0 bridgehead atoms. The second-order valence-electron chi connectivity index (χ2n) is 24.1. The molecule has 0 aliphatic heterocycles. The molecule has 428 valence electrons. The molecule has 0 spiro atoms. The van der Waals surface area contributed by atoms with Gasteiger partial charge in [0.15, 0.2) is 0 Å². The van der Waals surface area contributed by atoms with Gasteiger partial charge in [-0.1, -0.05) is 170 Å². The quantitative estimate of drug-likeness (QED) is 0.176. The number of rotatable bonds is 4. The summed E-state index contributed by atoms with van der Waals surface area (Å²) in [4.78, 5) is 0. The minimum atomic E-state index is 0.883. The van der Waals surface area contributed by atoms with Crippen molar-refractivity contribution in [2.24, 2.45) is 0 Å². The smallest absolute Gasteiger partial charge is 0.145 e. The normalized spacial score (nSPS) is 12.3. The van der Waals surface area contributed by atoms with E-state index >= 15 is 0 Å². The van der Waals surface area contributed by atoms with E-state index in [1.54, 1.807) is 0 Å². The summed E-state index contributed by atoms with van der Waals surface area (Å²) >= 11 is 3.69. The fourth-order valence-electron chi connectivity index (χ4n) is 15.3. The number of benzene rings is 14. The number of nitrogens with zero attached hydrogens (tertiary/aromatic N) is 2. The van der Waals surface area contributed by atoms with Crippen molar-refractivity contribution in [1.29, 1.82) is 0 Å². The van der Waals surface area contributed by atoms with E-state index in [-0.39, 0.29) is 0 Å². The molecule has 14 aromatic carbocycles. The molecule has 0 amide bonds. The van der Waals surface area contributed by atoms with E-state index in [2.05, 4.69) is 264 Å². The summed E-state index contributed by atoms with van der Waals surface area (Å²) in [7, 11) is 0. The second kappa shape index (κ2) is 18.9.